The molecule has 4 nitrogen and oxygen atoms in total. The van der Waals surface area contributed by atoms with Crippen molar-refractivity contribution in [3.63, 3.8) is 0 Å². The fourth-order valence-corrected chi connectivity index (χ4v) is 4.83. The maximum Gasteiger partial charge on any atom is 0.304 e. The molecule has 0 saturated carbocycles. The van der Waals surface area contributed by atoms with E-state index in [0.717, 1.165) is 19.3 Å². The molecule has 0 aromatic carbocycles. The minimum atomic E-state index is -0.778. The minimum absolute atomic E-state index is 0.0281. The van der Waals surface area contributed by atoms with Crippen LogP contribution in [0.25, 0.3) is 0 Å². The summed E-state index contributed by atoms with van der Waals surface area (Å²) in [5.41, 5.74) is 0. The van der Waals surface area contributed by atoms with E-state index in [1.54, 1.807) is 23.5 Å². The molecule has 0 radical (unpaired) electrons. The standard InChI is InChI=1S/C12H22O4S2/c1-3-7-12(4-2,17-8-5-10(13)14)18-9-6-11(15)16/h3-9H2,1-2H3,(H,13,14)(H,15,16). The first kappa shape index (κ1) is 17.6. The Hall–Kier alpha value is -0.360. The highest BCUT2D eigenvalue weighted by atomic mass is 32.2. The predicted octanol–water partition coefficient (Wildman–Crippen LogP) is 3.31. The van der Waals surface area contributed by atoms with Crippen molar-refractivity contribution in [2.45, 2.75) is 50.0 Å². The summed E-state index contributed by atoms with van der Waals surface area (Å²) in [5, 5.41) is 17.3. The van der Waals surface area contributed by atoms with Crippen LogP contribution in [0.5, 0.6) is 0 Å². The largest absolute Gasteiger partial charge is 0.481 e. The quantitative estimate of drug-likeness (QED) is 0.569. The lowest BCUT2D eigenvalue weighted by molar-refractivity contribution is -0.137. The van der Waals surface area contributed by atoms with Gasteiger partial charge in [0, 0.05) is 11.5 Å². The van der Waals surface area contributed by atoms with Gasteiger partial charge in [0.1, 0.15) is 0 Å². The molecule has 6 heteroatoms. The van der Waals surface area contributed by atoms with Crippen LogP contribution >= 0.6 is 23.5 Å². The maximum atomic E-state index is 10.5. The van der Waals surface area contributed by atoms with Gasteiger partial charge in [-0.15, -0.1) is 23.5 Å². The van der Waals surface area contributed by atoms with E-state index in [4.69, 9.17) is 10.2 Å². The van der Waals surface area contributed by atoms with E-state index in [9.17, 15) is 9.59 Å². The van der Waals surface area contributed by atoms with Gasteiger partial charge in [0.2, 0.25) is 0 Å². The number of carbonyl (C=O) groups is 2. The van der Waals surface area contributed by atoms with Crippen molar-refractivity contribution in [2.24, 2.45) is 0 Å². The van der Waals surface area contributed by atoms with Crippen molar-refractivity contribution in [2.75, 3.05) is 11.5 Å². The molecule has 0 fully saturated rings. The second kappa shape index (κ2) is 9.55. The fraction of sp³-hybridized carbons (Fsp3) is 0.833. The van der Waals surface area contributed by atoms with E-state index < -0.39 is 11.9 Å². The van der Waals surface area contributed by atoms with Gasteiger partial charge in [-0.1, -0.05) is 20.3 Å². The number of hydrogen-bond acceptors (Lipinski definition) is 4. The van der Waals surface area contributed by atoms with Crippen LogP contribution in [-0.4, -0.2) is 37.7 Å². The average molecular weight is 294 g/mol. The summed E-state index contributed by atoms with van der Waals surface area (Å²) in [4.78, 5) is 21.1. The molecule has 18 heavy (non-hydrogen) atoms. The highest BCUT2D eigenvalue weighted by Crippen LogP contribution is 2.44. The SMILES string of the molecule is CCCC(CC)(SCCC(=O)O)SCCC(=O)O. The Labute approximate surface area is 117 Å². The summed E-state index contributed by atoms with van der Waals surface area (Å²) in [7, 11) is 0. The number of thioether (sulfide) groups is 2. The van der Waals surface area contributed by atoms with Crippen LogP contribution < -0.4 is 0 Å². The number of rotatable bonds is 11. The molecule has 0 atom stereocenters. The molecular formula is C12H22O4S2. The molecule has 0 aromatic heterocycles. The Kier molecular flexibility index (Phi) is 9.36. The summed E-state index contributed by atoms with van der Waals surface area (Å²) < 4.78 is -0.0281. The predicted molar refractivity (Wildman–Crippen MR) is 77.4 cm³/mol. The van der Waals surface area contributed by atoms with Gasteiger partial charge < -0.3 is 10.2 Å². The third-order valence-corrected chi connectivity index (χ3v) is 6.09. The molecular weight excluding hydrogens is 272 g/mol. The van der Waals surface area contributed by atoms with Crippen LogP contribution in [0.15, 0.2) is 0 Å². The monoisotopic (exact) mass is 294 g/mol. The molecule has 0 heterocycles. The van der Waals surface area contributed by atoms with Gasteiger partial charge in [-0.05, 0) is 12.8 Å². The lowest BCUT2D eigenvalue weighted by atomic mass is 10.2. The zero-order valence-electron chi connectivity index (χ0n) is 11.0. The molecule has 0 aliphatic rings. The van der Waals surface area contributed by atoms with Gasteiger partial charge in [0.25, 0.3) is 0 Å². The highest BCUT2D eigenvalue weighted by molar-refractivity contribution is 8.18. The number of carboxylic acid groups (broad SMARTS) is 2. The van der Waals surface area contributed by atoms with Crippen molar-refractivity contribution in [1.82, 2.24) is 0 Å². The maximum absolute atomic E-state index is 10.5. The fourth-order valence-electron chi connectivity index (χ4n) is 1.60. The Morgan fingerprint density at radius 3 is 1.72 bits per heavy atom. The van der Waals surface area contributed by atoms with Crippen molar-refractivity contribution < 1.29 is 19.8 Å². The van der Waals surface area contributed by atoms with E-state index in [0.29, 0.717) is 11.5 Å². The van der Waals surface area contributed by atoms with Gasteiger partial charge in [0.15, 0.2) is 0 Å². The van der Waals surface area contributed by atoms with E-state index >= 15 is 0 Å². The van der Waals surface area contributed by atoms with Crippen LogP contribution in [0.4, 0.5) is 0 Å². The Bertz CT molecular complexity index is 249. The van der Waals surface area contributed by atoms with Crippen LogP contribution in [0.3, 0.4) is 0 Å². The molecule has 0 aromatic rings. The summed E-state index contributed by atoms with van der Waals surface area (Å²) in [6.45, 7) is 4.18. The van der Waals surface area contributed by atoms with Gasteiger partial charge in [-0.25, -0.2) is 0 Å². The first-order chi connectivity index (χ1) is 8.45. The van der Waals surface area contributed by atoms with E-state index in [1.807, 2.05) is 0 Å². The molecule has 0 spiro atoms. The van der Waals surface area contributed by atoms with Gasteiger partial charge in [-0.3, -0.25) is 9.59 Å². The van der Waals surface area contributed by atoms with Gasteiger partial charge >= 0.3 is 11.9 Å². The second-order valence-electron chi connectivity index (χ2n) is 4.00. The summed E-state index contributed by atoms with van der Waals surface area (Å²) in [5.74, 6) is -0.383. The summed E-state index contributed by atoms with van der Waals surface area (Å²) in [6, 6.07) is 0. The Balaban J connectivity index is 4.30. The average Bonchev–Trinajstić information content (AvgIpc) is 2.28. The normalized spacial score (nSPS) is 11.4. The van der Waals surface area contributed by atoms with Gasteiger partial charge in [-0.2, -0.15) is 0 Å². The summed E-state index contributed by atoms with van der Waals surface area (Å²) in [6.07, 6.45) is 3.26. The van der Waals surface area contributed by atoms with Crippen molar-refractivity contribution in [3.8, 4) is 0 Å². The van der Waals surface area contributed by atoms with Crippen molar-refractivity contribution in [1.29, 1.82) is 0 Å². The molecule has 0 aliphatic carbocycles. The lowest BCUT2D eigenvalue weighted by Crippen LogP contribution is -2.21. The van der Waals surface area contributed by atoms with E-state index in [1.165, 1.54) is 0 Å². The highest BCUT2D eigenvalue weighted by Gasteiger charge is 2.28. The molecule has 0 rings (SSSR count). The number of carboxylic acids is 2. The minimum Gasteiger partial charge on any atom is -0.481 e. The molecule has 106 valence electrons. The number of aliphatic carboxylic acids is 2. The topological polar surface area (TPSA) is 74.6 Å². The molecule has 0 aliphatic heterocycles. The van der Waals surface area contributed by atoms with E-state index in [-0.39, 0.29) is 16.9 Å². The Morgan fingerprint density at radius 2 is 1.44 bits per heavy atom. The molecule has 0 unspecified atom stereocenters. The molecule has 0 bridgehead atoms. The van der Waals surface area contributed by atoms with Crippen LogP contribution in [0, 0.1) is 0 Å². The second-order valence-corrected chi connectivity index (χ2v) is 7.21. The number of hydrogen-bond donors (Lipinski definition) is 2. The van der Waals surface area contributed by atoms with E-state index in [2.05, 4.69) is 13.8 Å². The van der Waals surface area contributed by atoms with Crippen molar-refractivity contribution >= 4 is 35.5 Å². The lowest BCUT2D eigenvalue weighted by Gasteiger charge is -2.31. The van der Waals surface area contributed by atoms with Crippen LogP contribution in [0.2, 0.25) is 0 Å². The molecule has 0 saturated heterocycles. The molecule has 2 N–H and O–H groups in total. The third kappa shape index (κ3) is 7.87. The summed E-state index contributed by atoms with van der Waals surface area (Å²) >= 11 is 3.33. The zero-order chi connectivity index (χ0) is 14.0. The third-order valence-electron chi connectivity index (χ3n) is 2.53. The smallest absolute Gasteiger partial charge is 0.304 e. The van der Waals surface area contributed by atoms with Crippen molar-refractivity contribution in [3.05, 3.63) is 0 Å². The van der Waals surface area contributed by atoms with Crippen LogP contribution in [0.1, 0.15) is 46.0 Å². The first-order valence-electron chi connectivity index (χ1n) is 6.17. The Morgan fingerprint density at radius 1 is 1.00 bits per heavy atom. The van der Waals surface area contributed by atoms with Crippen LogP contribution in [-0.2, 0) is 9.59 Å². The first-order valence-corrected chi connectivity index (χ1v) is 8.14. The van der Waals surface area contributed by atoms with Gasteiger partial charge in [0.05, 0.1) is 16.9 Å². The molecule has 0 amide bonds. The zero-order valence-corrected chi connectivity index (χ0v) is 12.6.